The molecule has 0 saturated carbocycles. The van der Waals surface area contributed by atoms with Gasteiger partial charge in [-0.05, 0) is 52.7 Å². The van der Waals surface area contributed by atoms with Crippen LogP contribution >= 0.6 is 15.9 Å². The van der Waals surface area contributed by atoms with E-state index in [4.69, 9.17) is 9.47 Å². The number of methoxy groups -OCH3 is 1. The normalized spacial score (nSPS) is 12.0. The highest BCUT2D eigenvalue weighted by Crippen LogP contribution is 2.30. The van der Waals surface area contributed by atoms with Crippen molar-refractivity contribution in [2.75, 3.05) is 7.11 Å². The summed E-state index contributed by atoms with van der Waals surface area (Å²) < 4.78 is 24.5. The summed E-state index contributed by atoms with van der Waals surface area (Å²) in [6, 6.07) is 9.95. The fraction of sp³-hybridized carbons (Fsp3) is 0.250. The van der Waals surface area contributed by atoms with Gasteiger partial charge >= 0.3 is 0 Å². The smallest absolute Gasteiger partial charge is 0.137 e. The fourth-order valence-corrected chi connectivity index (χ4v) is 2.33. The molecule has 1 N–H and O–H groups in total. The van der Waals surface area contributed by atoms with Crippen molar-refractivity contribution >= 4 is 15.9 Å². The molecule has 21 heavy (non-hydrogen) atoms. The number of halogens is 2. The van der Waals surface area contributed by atoms with Crippen molar-refractivity contribution in [3.8, 4) is 11.5 Å². The van der Waals surface area contributed by atoms with Gasteiger partial charge in [0.15, 0.2) is 0 Å². The molecule has 0 aromatic heterocycles. The van der Waals surface area contributed by atoms with E-state index in [0.29, 0.717) is 21.5 Å². The molecule has 0 aliphatic rings. The first kappa shape index (κ1) is 15.8. The molecule has 0 heterocycles. The van der Waals surface area contributed by atoms with Crippen LogP contribution in [0.2, 0.25) is 0 Å². The van der Waals surface area contributed by atoms with Gasteiger partial charge in [-0.2, -0.15) is 0 Å². The maximum absolute atomic E-state index is 13.2. The third-order valence-electron chi connectivity index (χ3n) is 3.05. The number of benzene rings is 2. The van der Waals surface area contributed by atoms with Crippen LogP contribution in [0.5, 0.6) is 11.5 Å². The molecular formula is C16H16BrFO3. The standard InChI is InChI=1S/C16H16BrFO3/c1-10(19)13-5-4-12(20-2)8-16(13)21-9-11-3-6-15(18)14(17)7-11/h3-8,10,19H,9H2,1-2H3. The van der Waals surface area contributed by atoms with E-state index >= 15 is 0 Å². The predicted molar refractivity (Wildman–Crippen MR) is 82.1 cm³/mol. The highest BCUT2D eigenvalue weighted by Gasteiger charge is 2.11. The molecule has 0 saturated heterocycles. The molecule has 0 aliphatic heterocycles. The van der Waals surface area contributed by atoms with E-state index in [1.54, 1.807) is 44.4 Å². The molecule has 0 aliphatic carbocycles. The highest BCUT2D eigenvalue weighted by molar-refractivity contribution is 9.10. The monoisotopic (exact) mass is 354 g/mol. The Labute approximate surface area is 131 Å². The average Bonchev–Trinajstić information content (AvgIpc) is 2.48. The summed E-state index contributed by atoms with van der Waals surface area (Å²) in [4.78, 5) is 0. The lowest BCUT2D eigenvalue weighted by Gasteiger charge is -2.15. The number of hydrogen-bond donors (Lipinski definition) is 1. The van der Waals surface area contributed by atoms with Crippen LogP contribution in [0, 0.1) is 5.82 Å². The second kappa shape index (κ2) is 6.91. The molecule has 112 valence electrons. The molecular weight excluding hydrogens is 339 g/mol. The van der Waals surface area contributed by atoms with E-state index in [1.807, 2.05) is 0 Å². The van der Waals surface area contributed by atoms with Crippen molar-refractivity contribution in [2.24, 2.45) is 0 Å². The van der Waals surface area contributed by atoms with Gasteiger partial charge in [-0.15, -0.1) is 0 Å². The van der Waals surface area contributed by atoms with Crippen molar-refractivity contribution in [3.05, 3.63) is 57.8 Å². The van der Waals surface area contributed by atoms with E-state index in [9.17, 15) is 9.50 Å². The molecule has 1 atom stereocenters. The van der Waals surface area contributed by atoms with E-state index in [0.717, 1.165) is 5.56 Å². The molecule has 5 heteroatoms. The van der Waals surface area contributed by atoms with Crippen LogP contribution < -0.4 is 9.47 Å². The third-order valence-corrected chi connectivity index (χ3v) is 3.66. The predicted octanol–water partition coefficient (Wildman–Crippen LogP) is 4.23. The summed E-state index contributed by atoms with van der Waals surface area (Å²) in [6.07, 6.45) is -0.647. The van der Waals surface area contributed by atoms with Crippen molar-refractivity contribution in [3.63, 3.8) is 0 Å². The Morgan fingerprint density at radius 3 is 2.62 bits per heavy atom. The van der Waals surface area contributed by atoms with E-state index < -0.39 is 6.10 Å². The molecule has 3 nitrogen and oxygen atoms in total. The molecule has 2 rings (SSSR count). The van der Waals surface area contributed by atoms with Crippen molar-refractivity contribution in [1.29, 1.82) is 0 Å². The van der Waals surface area contributed by atoms with E-state index in [1.165, 1.54) is 6.07 Å². The SMILES string of the molecule is COc1ccc(C(C)O)c(OCc2ccc(F)c(Br)c2)c1. The molecule has 2 aromatic carbocycles. The Morgan fingerprint density at radius 2 is 2.00 bits per heavy atom. The quantitative estimate of drug-likeness (QED) is 0.873. The topological polar surface area (TPSA) is 38.7 Å². The highest BCUT2D eigenvalue weighted by atomic mass is 79.9. The zero-order valence-corrected chi connectivity index (χ0v) is 13.4. The average molecular weight is 355 g/mol. The van der Waals surface area contributed by atoms with E-state index in [2.05, 4.69) is 15.9 Å². The lowest BCUT2D eigenvalue weighted by Crippen LogP contribution is -2.02. The molecule has 0 radical (unpaired) electrons. The van der Waals surface area contributed by atoms with Gasteiger partial charge in [0.2, 0.25) is 0 Å². The summed E-state index contributed by atoms with van der Waals surface area (Å²) in [5.41, 5.74) is 1.50. The second-order valence-electron chi connectivity index (χ2n) is 4.62. The van der Waals surface area contributed by atoms with Crippen LogP contribution in [0.25, 0.3) is 0 Å². The van der Waals surface area contributed by atoms with Crippen LogP contribution in [-0.2, 0) is 6.61 Å². The second-order valence-corrected chi connectivity index (χ2v) is 5.47. The third kappa shape index (κ3) is 3.95. The Bertz CT molecular complexity index is 629. The summed E-state index contributed by atoms with van der Waals surface area (Å²) >= 11 is 3.14. The minimum atomic E-state index is -0.647. The van der Waals surface area contributed by atoms with Crippen LogP contribution in [-0.4, -0.2) is 12.2 Å². The number of rotatable bonds is 5. The fourth-order valence-electron chi connectivity index (χ4n) is 1.90. The van der Waals surface area contributed by atoms with Crippen LogP contribution in [0.4, 0.5) is 4.39 Å². The van der Waals surface area contributed by atoms with Gasteiger partial charge in [-0.3, -0.25) is 0 Å². The first-order valence-corrected chi connectivity index (χ1v) is 7.23. The number of hydrogen-bond acceptors (Lipinski definition) is 3. The first-order valence-electron chi connectivity index (χ1n) is 6.44. The van der Waals surface area contributed by atoms with Crippen molar-refractivity contribution in [1.82, 2.24) is 0 Å². The zero-order chi connectivity index (χ0) is 15.4. The van der Waals surface area contributed by atoms with Gasteiger partial charge in [0.05, 0.1) is 17.7 Å². The molecule has 1 unspecified atom stereocenters. The van der Waals surface area contributed by atoms with Crippen LogP contribution in [0.3, 0.4) is 0 Å². The minimum absolute atomic E-state index is 0.270. The summed E-state index contributed by atoms with van der Waals surface area (Å²) in [6.45, 7) is 1.94. The Balaban J connectivity index is 2.19. The molecule has 0 amide bonds. The van der Waals surface area contributed by atoms with Crippen molar-refractivity contribution in [2.45, 2.75) is 19.6 Å². The largest absolute Gasteiger partial charge is 0.497 e. The van der Waals surface area contributed by atoms with E-state index in [-0.39, 0.29) is 12.4 Å². The van der Waals surface area contributed by atoms with Gasteiger partial charge < -0.3 is 14.6 Å². The lowest BCUT2D eigenvalue weighted by atomic mass is 10.1. The van der Waals surface area contributed by atoms with Crippen LogP contribution in [0.1, 0.15) is 24.2 Å². The minimum Gasteiger partial charge on any atom is -0.497 e. The molecule has 0 fully saturated rings. The molecule has 2 aromatic rings. The molecule has 0 bridgehead atoms. The van der Waals surface area contributed by atoms with Gasteiger partial charge in [0, 0.05) is 11.6 Å². The summed E-state index contributed by atoms with van der Waals surface area (Å²) in [5, 5.41) is 9.77. The van der Waals surface area contributed by atoms with Gasteiger partial charge in [-0.1, -0.05) is 6.07 Å². The lowest BCUT2D eigenvalue weighted by molar-refractivity contribution is 0.190. The first-order chi connectivity index (χ1) is 10.0. The van der Waals surface area contributed by atoms with Gasteiger partial charge in [-0.25, -0.2) is 4.39 Å². The Morgan fingerprint density at radius 1 is 1.24 bits per heavy atom. The maximum Gasteiger partial charge on any atom is 0.137 e. The number of aliphatic hydroxyl groups is 1. The number of ether oxygens (including phenoxy) is 2. The Hall–Kier alpha value is -1.59. The summed E-state index contributed by atoms with van der Waals surface area (Å²) in [5.74, 6) is 0.879. The molecule has 0 spiro atoms. The van der Waals surface area contributed by atoms with Crippen LogP contribution in [0.15, 0.2) is 40.9 Å². The van der Waals surface area contributed by atoms with Crippen molar-refractivity contribution < 1.29 is 19.0 Å². The number of aliphatic hydroxyl groups excluding tert-OH is 1. The Kier molecular flexibility index (Phi) is 5.20. The zero-order valence-electron chi connectivity index (χ0n) is 11.8. The maximum atomic E-state index is 13.2. The summed E-state index contributed by atoms with van der Waals surface area (Å²) in [7, 11) is 1.57. The van der Waals surface area contributed by atoms with Gasteiger partial charge in [0.25, 0.3) is 0 Å². The van der Waals surface area contributed by atoms with Gasteiger partial charge in [0.1, 0.15) is 23.9 Å².